The van der Waals surface area contributed by atoms with Gasteiger partial charge < -0.3 is 19.7 Å². The van der Waals surface area contributed by atoms with Crippen molar-refractivity contribution in [3.05, 3.63) is 47.8 Å². The molecule has 1 N–H and O–H groups in total. The Morgan fingerprint density at radius 3 is 2.86 bits per heavy atom. The van der Waals surface area contributed by atoms with Gasteiger partial charge in [-0.1, -0.05) is 6.07 Å². The van der Waals surface area contributed by atoms with Crippen molar-refractivity contribution in [1.82, 2.24) is 9.88 Å². The summed E-state index contributed by atoms with van der Waals surface area (Å²) in [6.07, 6.45) is 2.07. The van der Waals surface area contributed by atoms with Gasteiger partial charge in [0.25, 0.3) is 0 Å². The van der Waals surface area contributed by atoms with Crippen molar-refractivity contribution < 1.29 is 14.3 Å². The minimum atomic E-state index is 0.0585. The van der Waals surface area contributed by atoms with Crippen LogP contribution in [0.5, 0.6) is 5.75 Å². The molecule has 0 bridgehead atoms. The fraction of sp³-hybridized carbons (Fsp3) is 0.478. The number of anilines is 2. The number of nitrogens with one attached hydrogen (secondary N) is 1. The lowest BCUT2D eigenvalue weighted by molar-refractivity contribution is -0.138. The third-order valence-electron chi connectivity index (χ3n) is 5.06. The fourth-order valence-corrected chi connectivity index (χ4v) is 3.62. The van der Waals surface area contributed by atoms with Crippen LogP contribution in [0, 0.1) is 6.92 Å². The molecule has 1 atom stereocenters. The molecule has 0 aliphatic carbocycles. The lowest BCUT2D eigenvalue weighted by Gasteiger charge is -2.33. The van der Waals surface area contributed by atoms with Crippen molar-refractivity contribution in [2.45, 2.75) is 45.6 Å². The topological polar surface area (TPSA) is 63.7 Å². The van der Waals surface area contributed by atoms with E-state index in [1.807, 2.05) is 56.0 Å². The van der Waals surface area contributed by atoms with Crippen LogP contribution < -0.4 is 10.1 Å². The molecule has 2 heterocycles. The van der Waals surface area contributed by atoms with Crippen LogP contribution in [0.3, 0.4) is 0 Å². The summed E-state index contributed by atoms with van der Waals surface area (Å²) in [6, 6.07) is 12.0. The van der Waals surface area contributed by atoms with Gasteiger partial charge in [-0.2, -0.15) is 0 Å². The maximum Gasteiger partial charge on any atom is 0.248 e. The highest BCUT2D eigenvalue weighted by Crippen LogP contribution is 2.29. The highest BCUT2D eigenvalue weighted by Gasteiger charge is 2.26. The number of methoxy groups -OCH3 is 1. The Morgan fingerprint density at radius 2 is 2.10 bits per heavy atom. The Bertz CT molecular complexity index is 838. The number of hydrogen-bond acceptors (Lipinski definition) is 5. The Morgan fingerprint density at radius 1 is 1.28 bits per heavy atom. The van der Waals surface area contributed by atoms with E-state index >= 15 is 0 Å². The maximum absolute atomic E-state index is 12.5. The van der Waals surface area contributed by atoms with Crippen molar-refractivity contribution in [2.24, 2.45) is 0 Å². The number of nitrogens with zero attached hydrogens (tertiary/aromatic N) is 2. The zero-order chi connectivity index (χ0) is 20.8. The van der Waals surface area contributed by atoms with Gasteiger partial charge in [-0.15, -0.1) is 0 Å². The molecule has 1 aromatic carbocycles. The Labute approximate surface area is 173 Å². The van der Waals surface area contributed by atoms with E-state index in [-0.39, 0.29) is 24.5 Å². The maximum atomic E-state index is 12.5. The summed E-state index contributed by atoms with van der Waals surface area (Å²) >= 11 is 0. The van der Waals surface area contributed by atoms with E-state index in [0.717, 1.165) is 47.9 Å². The number of hydrogen-bond donors (Lipinski definition) is 1. The minimum Gasteiger partial charge on any atom is -0.497 e. The predicted octanol–water partition coefficient (Wildman–Crippen LogP) is 4.27. The van der Waals surface area contributed by atoms with Gasteiger partial charge in [-0.05, 0) is 57.9 Å². The van der Waals surface area contributed by atoms with Crippen LogP contribution in [-0.4, -0.2) is 48.7 Å². The highest BCUT2D eigenvalue weighted by atomic mass is 16.5. The van der Waals surface area contributed by atoms with Crippen molar-refractivity contribution >= 4 is 17.3 Å². The summed E-state index contributed by atoms with van der Waals surface area (Å²) in [5, 5.41) is 3.45. The summed E-state index contributed by atoms with van der Waals surface area (Å²) < 4.78 is 10.8. The van der Waals surface area contributed by atoms with Crippen molar-refractivity contribution in [2.75, 3.05) is 32.1 Å². The number of piperidine rings is 1. The van der Waals surface area contributed by atoms with Gasteiger partial charge in [-0.25, -0.2) is 0 Å². The van der Waals surface area contributed by atoms with Crippen molar-refractivity contribution in [3.8, 4) is 5.75 Å². The monoisotopic (exact) mass is 397 g/mol. The number of pyridine rings is 1. The van der Waals surface area contributed by atoms with E-state index in [1.54, 1.807) is 7.11 Å². The SMILES string of the molecule is COc1cccc(Nc2cc(C)nc(C3CCCN(C(=O)COC(C)C)C3)c2)c1. The zero-order valence-corrected chi connectivity index (χ0v) is 17.8. The number of carbonyl (C=O) groups excluding carboxylic acids is 1. The molecule has 1 fully saturated rings. The summed E-state index contributed by atoms with van der Waals surface area (Å²) in [4.78, 5) is 19.2. The first-order chi connectivity index (χ1) is 13.9. The van der Waals surface area contributed by atoms with Gasteiger partial charge in [0, 0.05) is 47.8 Å². The van der Waals surface area contributed by atoms with Gasteiger partial charge in [0.05, 0.1) is 13.2 Å². The van der Waals surface area contributed by atoms with Gasteiger partial charge in [0.15, 0.2) is 0 Å². The largest absolute Gasteiger partial charge is 0.497 e. The summed E-state index contributed by atoms with van der Waals surface area (Å²) in [6.45, 7) is 7.52. The molecule has 1 aliphatic rings. The van der Waals surface area contributed by atoms with Crippen LogP contribution >= 0.6 is 0 Å². The number of amides is 1. The molecule has 1 amide bonds. The van der Waals surface area contributed by atoms with Gasteiger partial charge in [0.1, 0.15) is 12.4 Å². The molecule has 0 radical (unpaired) electrons. The highest BCUT2D eigenvalue weighted by molar-refractivity contribution is 5.77. The van der Waals surface area contributed by atoms with E-state index in [1.165, 1.54) is 0 Å². The van der Waals surface area contributed by atoms with Crippen LogP contribution in [0.4, 0.5) is 11.4 Å². The second-order valence-electron chi connectivity index (χ2n) is 7.82. The second-order valence-corrected chi connectivity index (χ2v) is 7.82. The quantitative estimate of drug-likeness (QED) is 0.756. The number of ether oxygens (including phenoxy) is 2. The predicted molar refractivity (Wildman–Crippen MR) is 115 cm³/mol. The van der Waals surface area contributed by atoms with Gasteiger partial charge in [-0.3, -0.25) is 9.78 Å². The van der Waals surface area contributed by atoms with Crippen LogP contribution in [0.2, 0.25) is 0 Å². The first-order valence-electron chi connectivity index (χ1n) is 10.2. The van der Waals surface area contributed by atoms with E-state index in [0.29, 0.717) is 6.54 Å². The first-order valence-corrected chi connectivity index (χ1v) is 10.2. The normalized spacial score (nSPS) is 16.7. The lowest BCUT2D eigenvalue weighted by atomic mass is 9.93. The first kappa shape index (κ1) is 21.1. The third-order valence-corrected chi connectivity index (χ3v) is 5.06. The molecule has 0 spiro atoms. The molecule has 6 heteroatoms. The smallest absolute Gasteiger partial charge is 0.248 e. The Balaban J connectivity index is 1.72. The van der Waals surface area contributed by atoms with E-state index in [2.05, 4.69) is 11.4 Å². The number of benzene rings is 1. The average Bonchev–Trinajstić information content (AvgIpc) is 2.71. The third kappa shape index (κ3) is 5.94. The Kier molecular flexibility index (Phi) is 7.09. The van der Waals surface area contributed by atoms with E-state index in [4.69, 9.17) is 14.5 Å². The van der Waals surface area contributed by atoms with Gasteiger partial charge in [0.2, 0.25) is 5.91 Å². The minimum absolute atomic E-state index is 0.0585. The number of rotatable bonds is 7. The summed E-state index contributed by atoms with van der Waals surface area (Å²) in [5.74, 6) is 1.11. The average molecular weight is 398 g/mol. The molecular weight excluding hydrogens is 366 g/mol. The molecule has 0 saturated carbocycles. The number of likely N-dealkylation sites (tertiary alicyclic amines) is 1. The number of carbonyl (C=O) groups is 1. The molecular formula is C23H31N3O3. The van der Waals surface area contributed by atoms with Crippen molar-refractivity contribution in [1.29, 1.82) is 0 Å². The molecule has 29 heavy (non-hydrogen) atoms. The zero-order valence-electron chi connectivity index (χ0n) is 17.8. The molecule has 3 rings (SSSR count). The molecule has 2 aromatic rings. The van der Waals surface area contributed by atoms with E-state index in [9.17, 15) is 4.79 Å². The molecule has 1 aromatic heterocycles. The van der Waals surface area contributed by atoms with Gasteiger partial charge >= 0.3 is 0 Å². The number of aromatic nitrogens is 1. The van der Waals surface area contributed by atoms with E-state index < -0.39 is 0 Å². The molecule has 6 nitrogen and oxygen atoms in total. The second kappa shape index (κ2) is 9.74. The fourth-order valence-electron chi connectivity index (χ4n) is 3.62. The van der Waals surface area contributed by atoms with Crippen LogP contribution in [0.1, 0.15) is 44.0 Å². The Hall–Kier alpha value is -2.60. The van der Waals surface area contributed by atoms with Crippen LogP contribution in [-0.2, 0) is 9.53 Å². The molecule has 1 aliphatic heterocycles. The summed E-state index contributed by atoms with van der Waals surface area (Å²) in [5.41, 5.74) is 3.94. The lowest BCUT2D eigenvalue weighted by Crippen LogP contribution is -2.41. The molecule has 1 saturated heterocycles. The standard InChI is InChI=1S/C23H31N3O3/c1-16(2)29-15-23(27)26-10-6-7-18(14-26)22-13-20(11-17(3)24-22)25-19-8-5-9-21(12-19)28-4/h5,8-9,11-13,16,18H,6-7,10,14-15H2,1-4H3,(H,24,25). The summed E-state index contributed by atoms with van der Waals surface area (Å²) in [7, 11) is 1.66. The van der Waals surface area contributed by atoms with Crippen LogP contribution in [0.15, 0.2) is 36.4 Å². The molecule has 156 valence electrons. The number of aryl methyl sites for hydroxylation is 1. The van der Waals surface area contributed by atoms with Crippen molar-refractivity contribution in [3.63, 3.8) is 0 Å². The van der Waals surface area contributed by atoms with Crippen LogP contribution in [0.25, 0.3) is 0 Å². The molecule has 1 unspecified atom stereocenters.